The van der Waals surface area contributed by atoms with E-state index in [-0.39, 0.29) is 12.5 Å². The van der Waals surface area contributed by atoms with Crippen molar-refractivity contribution in [3.63, 3.8) is 0 Å². The van der Waals surface area contributed by atoms with Crippen LogP contribution in [-0.2, 0) is 29.0 Å². The van der Waals surface area contributed by atoms with E-state index in [1.54, 1.807) is 0 Å². The summed E-state index contributed by atoms with van der Waals surface area (Å²) in [6.45, 7) is 5.18. The van der Waals surface area contributed by atoms with Crippen LogP contribution in [0.5, 0.6) is 0 Å². The number of hydrogen-bond acceptors (Lipinski definition) is 3. The molecule has 1 N–H and O–H groups in total. The van der Waals surface area contributed by atoms with Crippen molar-refractivity contribution >= 4 is 11.6 Å². The average molecular weight is 324 g/mol. The van der Waals surface area contributed by atoms with Crippen molar-refractivity contribution in [3.8, 4) is 0 Å². The van der Waals surface area contributed by atoms with Gasteiger partial charge in [-0.15, -0.1) is 0 Å². The highest BCUT2D eigenvalue weighted by Crippen LogP contribution is 2.28. The average Bonchev–Trinajstić information content (AvgIpc) is 3.04. The first kappa shape index (κ1) is 16.5. The molecular weight excluding hydrogens is 300 g/mol. The third kappa shape index (κ3) is 4.15. The standard InChI is InChI=1S/C20H24N2O2/c1-2-24-15-20(23)21-12-11-16-7-9-19(10-8-16)22-13-17-5-3-4-6-18(17)14-22/h3-10H,2,11-15H2,1H3,(H,21,23). The summed E-state index contributed by atoms with van der Waals surface area (Å²) in [5.74, 6) is -0.0525. The van der Waals surface area contributed by atoms with Gasteiger partial charge in [0.15, 0.2) is 0 Å². The molecule has 2 aromatic carbocycles. The second-order valence-electron chi connectivity index (χ2n) is 6.03. The quantitative estimate of drug-likeness (QED) is 0.851. The summed E-state index contributed by atoms with van der Waals surface area (Å²) in [5, 5.41) is 2.87. The fourth-order valence-corrected chi connectivity index (χ4v) is 2.98. The van der Waals surface area contributed by atoms with Gasteiger partial charge in [0, 0.05) is 31.9 Å². The third-order valence-electron chi connectivity index (χ3n) is 4.32. The Morgan fingerprint density at radius 3 is 2.38 bits per heavy atom. The van der Waals surface area contributed by atoms with Crippen LogP contribution in [0.2, 0.25) is 0 Å². The number of ether oxygens (including phenoxy) is 1. The van der Waals surface area contributed by atoms with Gasteiger partial charge >= 0.3 is 0 Å². The van der Waals surface area contributed by atoms with Crippen molar-refractivity contribution in [2.75, 3.05) is 24.7 Å². The first-order chi connectivity index (χ1) is 11.8. The molecular formula is C20H24N2O2. The van der Waals surface area contributed by atoms with E-state index in [4.69, 9.17) is 4.74 Å². The van der Waals surface area contributed by atoms with E-state index in [9.17, 15) is 4.79 Å². The number of rotatable bonds is 7. The van der Waals surface area contributed by atoms with Crippen LogP contribution in [-0.4, -0.2) is 25.7 Å². The van der Waals surface area contributed by atoms with E-state index in [1.807, 2.05) is 6.92 Å². The summed E-state index contributed by atoms with van der Waals surface area (Å²) in [6, 6.07) is 17.2. The van der Waals surface area contributed by atoms with Crippen LogP contribution in [0.25, 0.3) is 0 Å². The van der Waals surface area contributed by atoms with E-state index in [0.717, 1.165) is 19.5 Å². The van der Waals surface area contributed by atoms with Crippen molar-refractivity contribution < 1.29 is 9.53 Å². The lowest BCUT2D eigenvalue weighted by molar-refractivity contribution is -0.125. The number of carbonyl (C=O) groups is 1. The molecule has 4 nitrogen and oxygen atoms in total. The van der Waals surface area contributed by atoms with Crippen molar-refractivity contribution in [1.82, 2.24) is 5.32 Å². The summed E-state index contributed by atoms with van der Waals surface area (Å²) in [5.41, 5.74) is 5.31. The first-order valence-electron chi connectivity index (χ1n) is 8.51. The van der Waals surface area contributed by atoms with Gasteiger partial charge < -0.3 is 15.0 Å². The van der Waals surface area contributed by atoms with Gasteiger partial charge in [0.05, 0.1) is 0 Å². The summed E-state index contributed by atoms with van der Waals surface area (Å²) in [6.07, 6.45) is 0.832. The minimum atomic E-state index is -0.0525. The number of nitrogens with zero attached hydrogens (tertiary/aromatic N) is 1. The van der Waals surface area contributed by atoms with Gasteiger partial charge in [-0.25, -0.2) is 0 Å². The van der Waals surface area contributed by atoms with Gasteiger partial charge in [-0.3, -0.25) is 4.79 Å². The first-order valence-corrected chi connectivity index (χ1v) is 8.51. The number of carbonyl (C=O) groups excluding carboxylic acids is 1. The molecule has 1 heterocycles. The summed E-state index contributed by atoms with van der Waals surface area (Å²) >= 11 is 0. The summed E-state index contributed by atoms with van der Waals surface area (Å²) < 4.78 is 5.08. The zero-order chi connectivity index (χ0) is 16.8. The lowest BCUT2D eigenvalue weighted by atomic mass is 10.1. The number of benzene rings is 2. The zero-order valence-corrected chi connectivity index (χ0v) is 14.1. The molecule has 2 aromatic rings. The molecule has 0 saturated carbocycles. The zero-order valence-electron chi connectivity index (χ0n) is 14.1. The molecule has 0 radical (unpaired) electrons. The Balaban J connectivity index is 1.49. The molecule has 24 heavy (non-hydrogen) atoms. The summed E-state index contributed by atoms with van der Waals surface area (Å²) in [4.78, 5) is 13.9. The third-order valence-corrected chi connectivity index (χ3v) is 4.32. The SMILES string of the molecule is CCOCC(=O)NCCc1ccc(N2Cc3ccccc3C2)cc1. The van der Waals surface area contributed by atoms with E-state index >= 15 is 0 Å². The van der Waals surface area contributed by atoms with Gasteiger partial charge in [0.25, 0.3) is 0 Å². The number of hydrogen-bond donors (Lipinski definition) is 1. The maximum atomic E-state index is 11.5. The topological polar surface area (TPSA) is 41.6 Å². The molecule has 0 bridgehead atoms. The number of nitrogens with one attached hydrogen (secondary N) is 1. The number of fused-ring (bicyclic) bond motifs is 1. The lowest BCUT2D eigenvalue weighted by Crippen LogP contribution is -2.29. The molecule has 0 aliphatic carbocycles. The largest absolute Gasteiger partial charge is 0.372 e. The predicted molar refractivity (Wildman–Crippen MR) is 96.0 cm³/mol. The molecule has 0 spiro atoms. The normalized spacial score (nSPS) is 13.0. The van der Waals surface area contributed by atoms with Gasteiger partial charge in [-0.2, -0.15) is 0 Å². The molecule has 126 valence electrons. The monoisotopic (exact) mass is 324 g/mol. The fourth-order valence-electron chi connectivity index (χ4n) is 2.98. The lowest BCUT2D eigenvalue weighted by Gasteiger charge is -2.18. The Kier molecular flexibility index (Phi) is 5.49. The molecule has 0 aromatic heterocycles. The molecule has 0 unspecified atom stereocenters. The van der Waals surface area contributed by atoms with Crippen LogP contribution < -0.4 is 10.2 Å². The minimum Gasteiger partial charge on any atom is -0.372 e. The van der Waals surface area contributed by atoms with E-state index in [2.05, 4.69) is 58.7 Å². The highest BCUT2D eigenvalue weighted by Gasteiger charge is 2.18. The molecule has 0 fully saturated rings. The van der Waals surface area contributed by atoms with E-state index in [1.165, 1.54) is 22.4 Å². The van der Waals surface area contributed by atoms with Crippen molar-refractivity contribution in [1.29, 1.82) is 0 Å². The predicted octanol–water partition coefficient (Wildman–Crippen LogP) is 2.90. The van der Waals surface area contributed by atoms with Crippen molar-refractivity contribution in [3.05, 3.63) is 65.2 Å². The van der Waals surface area contributed by atoms with E-state index in [0.29, 0.717) is 13.2 Å². The summed E-state index contributed by atoms with van der Waals surface area (Å²) in [7, 11) is 0. The molecule has 0 saturated heterocycles. The number of anilines is 1. The highest BCUT2D eigenvalue weighted by atomic mass is 16.5. The highest BCUT2D eigenvalue weighted by molar-refractivity contribution is 5.77. The van der Waals surface area contributed by atoms with Crippen LogP contribution in [0.1, 0.15) is 23.6 Å². The molecule has 0 atom stereocenters. The van der Waals surface area contributed by atoms with Gasteiger partial charge in [0.1, 0.15) is 6.61 Å². The van der Waals surface area contributed by atoms with Crippen LogP contribution in [0.4, 0.5) is 5.69 Å². The molecule has 1 aliphatic rings. The minimum absolute atomic E-state index is 0.0525. The van der Waals surface area contributed by atoms with Gasteiger partial charge in [0.2, 0.25) is 5.91 Å². The Hall–Kier alpha value is -2.33. The second-order valence-corrected chi connectivity index (χ2v) is 6.03. The van der Waals surface area contributed by atoms with Crippen molar-refractivity contribution in [2.24, 2.45) is 0 Å². The molecule has 1 amide bonds. The van der Waals surface area contributed by atoms with Crippen LogP contribution in [0.15, 0.2) is 48.5 Å². The molecule has 4 heteroatoms. The van der Waals surface area contributed by atoms with Gasteiger partial charge in [-0.05, 0) is 42.2 Å². The maximum absolute atomic E-state index is 11.5. The smallest absolute Gasteiger partial charge is 0.246 e. The Morgan fingerprint density at radius 1 is 1.08 bits per heavy atom. The van der Waals surface area contributed by atoms with Crippen molar-refractivity contribution in [2.45, 2.75) is 26.4 Å². The maximum Gasteiger partial charge on any atom is 0.246 e. The van der Waals surface area contributed by atoms with Gasteiger partial charge in [-0.1, -0.05) is 36.4 Å². The number of amides is 1. The Bertz CT molecular complexity index is 657. The Labute approximate surface area is 143 Å². The van der Waals surface area contributed by atoms with Crippen LogP contribution >= 0.6 is 0 Å². The molecule has 1 aliphatic heterocycles. The van der Waals surface area contributed by atoms with E-state index < -0.39 is 0 Å². The second kappa shape index (κ2) is 7.97. The van der Waals surface area contributed by atoms with Crippen LogP contribution in [0, 0.1) is 0 Å². The Morgan fingerprint density at radius 2 is 1.75 bits per heavy atom. The van der Waals surface area contributed by atoms with Crippen LogP contribution in [0.3, 0.4) is 0 Å². The molecule has 3 rings (SSSR count). The fraction of sp³-hybridized carbons (Fsp3) is 0.350.